The molecule has 4 nitrogen and oxygen atoms in total. The number of anilines is 1. The average molecular weight is 385 g/mol. The van der Waals surface area contributed by atoms with Crippen LogP contribution in [0.1, 0.15) is 27.4 Å². The number of amides is 1. The molecule has 7 heteroatoms. The summed E-state index contributed by atoms with van der Waals surface area (Å²) in [6, 6.07) is 9.81. The normalized spacial score (nSPS) is 16.2. The highest BCUT2D eigenvalue weighted by atomic mass is 32.1. The number of fused-ring (bicyclic) bond motifs is 1. The van der Waals surface area contributed by atoms with Gasteiger partial charge in [0, 0.05) is 10.4 Å². The van der Waals surface area contributed by atoms with Crippen LogP contribution in [0.2, 0.25) is 0 Å². The zero-order chi connectivity index (χ0) is 19.3. The summed E-state index contributed by atoms with van der Waals surface area (Å²) in [5.41, 5.74) is 1.22. The fraction of sp³-hybridized carbons (Fsp3) is 0.100. The highest BCUT2D eigenvalue weighted by Gasteiger charge is 2.37. The minimum absolute atomic E-state index is 0.248. The molecule has 1 aromatic heterocycles. The number of hydrogen-bond donors (Lipinski definition) is 2. The lowest BCUT2D eigenvalue weighted by Crippen LogP contribution is -2.32. The molecular formula is C20H13F2NO3S. The van der Waals surface area contributed by atoms with Gasteiger partial charge in [-0.1, -0.05) is 18.2 Å². The molecule has 1 aliphatic rings. The third-order valence-corrected chi connectivity index (χ3v) is 5.62. The first-order chi connectivity index (χ1) is 12.9. The maximum atomic E-state index is 14.0. The van der Waals surface area contributed by atoms with Gasteiger partial charge >= 0.3 is 0 Å². The van der Waals surface area contributed by atoms with Gasteiger partial charge in [-0.05, 0) is 42.3 Å². The Kier molecular flexibility index (Phi) is 4.04. The van der Waals surface area contributed by atoms with E-state index in [0.717, 1.165) is 11.3 Å². The molecule has 1 amide bonds. The molecule has 136 valence electrons. The molecule has 0 saturated heterocycles. The molecule has 1 unspecified atom stereocenters. The molecule has 2 N–H and O–H groups in total. The number of thiophene rings is 1. The van der Waals surface area contributed by atoms with Crippen molar-refractivity contribution in [2.75, 3.05) is 5.32 Å². The Balaban J connectivity index is 1.77. The molecule has 0 aliphatic carbocycles. The number of ketones is 1. The molecule has 1 aliphatic heterocycles. The van der Waals surface area contributed by atoms with Crippen LogP contribution in [0.5, 0.6) is 5.75 Å². The van der Waals surface area contributed by atoms with E-state index in [4.69, 9.17) is 0 Å². The van der Waals surface area contributed by atoms with Gasteiger partial charge in [-0.15, -0.1) is 11.3 Å². The number of hydrogen-bond acceptors (Lipinski definition) is 4. The second-order valence-electron chi connectivity index (χ2n) is 6.28. The lowest BCUT2D eigenvalue weighted by atomic mass is 9.88. The number of benzene rings is 2. The third kappa shape index (κ3) is 2.80. The van der Waals surface area contributed by atoms with Gasteiger partial charge in [0.1, 0.15) is 16.7 Å². The van der Waals surface area contributed by atoms with Crippen LogP contribution >= 0.6 is 11.3 Å². The van der Waals surface area contributed by atoms with Crippen molar-refractivity contribution in [3.8, 4) is 16.2 Å². The first-order valence-corrected chi connectivity index (χ1v) is 8.91. The van der Waals surface area contributed by atoms with Gasteiger partial charge in [0.25, 0.3) is 0 Å². The van der Waals surface area contributed by atoms with Crippen molar-refractivity contribution < 1.29 is 23.5 Å². The van der Waals surface area contributed by atoms with E-state index in [1.807, 2.05) is 0 Å². The number of aromatic hydroxyl groups is 1. The summed E-state index contributed by atoms with van der Waals surface area (Å²) in [6.07, 6.45) is 0. The summed E-state index contributed by atoms with van der Waals surface area (Å²) in [6.45, 7) is 1.54. The molecule has 1 atom stereocenters. The van der Waals surface area contributed by atoms with Crippen LogP contribution in [-0.2, 0) is 4.79 Å². The monoisotopic (exact) mass is 385 g/mol. The molecular weight excluding hydrogens is 372 g/mol. The van der Waals surface area contributed by atoms with E-state index in [0.29, 0.717) is 21.0 Å². The number of carbonyl (C=O) groups is 2. The Morgan fingerprint density at radius 1 is 1.04 bits per heavy atom. The maximum Gasteiger partial charge on any atom is 0.240 e. The van der Waals surface area contributed by atoms with Crippen molar-refractivity contribution in [1.29, 1.82) is 0 Å². The summed E-state index contributed by atoms with van der Waals surface area (Å²) in [5, 5.41) is 13.1. The van der Waals surface area contributed by atoms with Crippen LogP contribution in [-0.4, -0.2) is 16.8 Å². The number of halogens is 2. The molecule has 2 heterocycles. The molecule has 3 aromatic rings. The van der Waals surface area contributed by atoms with E-state index in [1.54, 1.807) is 6.07 Å². The van der Waals surface area contributed by atoms with Crippen molar-refractivity contribution in [2.24, 2.45) is 0 Å². The van der Waals surface area contributed by atoms with Crippen LogP contribution in [0.15, 0.2) is 42.5 Å². The Hall–Kier alpha value is -3.06. The Morgan fingerprint density at radius 2 is 1.74 bits per heavy atom. The average Bonchev–Trinajstić information content (AvgIpc) is 3.05. The van der Waals surface area contributed by atoms with Crippen LogP contribution in [0.25, 0.3) is 10.4 Å². The van der Waals surface area contributed by atoms with Gasteiger partial charge in [-0.25, -0.2) is 8.78 Å². The van der Waals surface area contributed by atoms with E-state index in [1.165, 1.54) is 43.3 Å². The predicted octanol–water partition coefficient (Wildman–Crippen LogP) is 4.63. The lowest BCUT2D eigenvalue weighted by Gasteiger charge is -2.21. The van der Waals surface area contributed by atoms with Gasteiger partial charge < -0.3 is 10.4 Å². The van der Waals surface area contributed by atoms with Crippen LogP contribution in [0, 0.1) is 18.6 Å². The van der Waals surface area contributed by atoms with Crippen molar-refractivity contribution >= 4 is 28.0 Å². The second-order valence-corrected chi connectivity index (χ2v) is 7.34. The van der Waals surface area contributed by atoms with E-state index in [2.05, 4.69) is 5.32 Å². The summed E-state index contributed by atoms with van der Waals surface area (Å²) in [4.78, 5) is 25.8. The summed E-state index contributed by atoms with van der Waals surface area (Å²) in [5.74, 6) is -3.69. The standard InChI is InChI=1S/C20H13F2NO3S/c1-9-2-7-12(18(25)16(9)22)14-8-13-17(24)15(19(26)23-20(13)27-14)10-3-5-11(21)6-4-10/h2-8,15,25H,1H3,(H,23,26). The number of nitrogens with one attached hydrogen (secondary N) is 1. The van der Waals surface area contributed by atoms with E-state index < -0.39 is 35.0 Å². The van der Waals surface area contributed by atoms with Crippen LogP contribution in [0.4, 0.5) is 13.8 Å². The van der Waals surface area contributed by atoms with Gasteiger partial charge in [-0.3, -0.25) is 9.59 Å². The number of aryl methyl sites for hydroxylation is 1. The van der Waals surface area contributed by atoms with Crippen LogP contribution in [0.3, 0.4) is 0 Å². The highest BCUT2D eigenvalue weighted by molar-refractivity contribution is 7.20. The Labute approximate surface area is 157 Å². The first kappa shape index (κ1) is 17.4. The van der Waals surface area contributed by atoms with Crippen LogP contribution < -0.4 is 5.32 Å². The van der Waals surface area contributed by atoms with Crippen molar-refractivity contribution in [1.82, 2.24) is 0 Å². The van der Waals surface area contributed by atoms with Crippen molar-refractivity contribution in [3.63, 3.8) is 0 Å². The number of Topliss-reactive ketones (excluding diaryl/α,β-unsaturated/α-hetero) is 1. The molecule has 27 heavy (non-hydrogen) atoms. The first-order valence-electron chi connectivity index (χ1n) is 8.09. The molecule has 0 fully saturated rings. The molecule has 2 aromatic carbocycles. The highest BCUT2D eigenvalue weighted by Crippen LogP contribution is 2.44. The summed E-state index contributed by atoms with van der Waals surface area (Å²) >= 11 is 1.08. The number of rotatable bonds is 2. The Bertz CT molecular complexity index is 1090. The predicted molar refractivity (Wildman–Crippen MR) is 98.2 cm³/mol. The zero-order valence-corrected chi connectivity index (χ0v) is 14.9. The van der Waals surface area contributed by atoms with E-state index in [9.17, 15) is 23.5 Å². The molecule has 0 saturated carbocycles. The number of phenols is 1. The van der Waals surface area contributed by atoms with E-state index >= 15 is 0 Å². The largest absolute Gasteiger partial charge is 0.504 e. The minimum atomic E-state index is -1.08. The summed E-state index contributed by atoms with van der Waals surface area (Å²) < 4.78 is 27.1. The number of carbonyl (C=O) groups excluding carboxylic acids is 2. The number of phenolic OH excluding ortho intramolecular Hbond substituents is 1. The topological polar surface area (TPSA) is 66.4 Å². The fourth-order valence-corrected chi connectivity index (χ4v) is 4.17. The smallest absolute Gasteiger partial charge is 0.240 e. The van der Waals surface area contributed by atoms with Crippen molar-refractivity contribution in [3.05, 3.63) is 70.8 Å². The Morgan fingerprint density at radius 3 is 2.44 bits per heavy atom. The van der Waals surface area contributed by atoms with Gasteiger partial charge in [0.2, 0.25) is 5.91 Å². The van der Waals surface area contributed by atoms with Gasteiger partial charge in [-0.2, -0.15) is 0 Å². The van der Waals surface area contributed by atoms with Gasteiger partial charge in [0.05, 0.1) is 5.56 Å². The fourth-order valence-electron chi connectivity index (χ4n) is 3.08. The molecule has 0 radical (unpaired) electrons. The lowest BCUT2D eigenvalue weighted by molar-refractivity contribution is -0.116. The zero-order valence-electron chi connectivity index (χ0n) is 14.0. The SMILES string of the molecule is Cc1ccc(-c2cc3c(s2)NC(=O)C(c2ccc(F)cc2)C3=O)c(O)c1F. The minimum Gasteiger partial charge on any atom is -0.504 e. The quantitative estimate of drug-likeness (QED) is 0.633. The summed E-state index contributed by atoms with van der Waals surface area (Å²) in [7, 11) is 0. The molecule has 0 bridgehead atoms. The molecule has 0 spiro atoms. The maximum absolute atomic E-state index is 14.0. The molecule has 4 rings (SSSR count). The second kappa shape index (κ2) is 6.28. The van der Waals surface area contributed by atoms with Crippen molar-refractivity contribution in [2.45, 2.75) is 12.8 Å². The van der Waals surface area contributed by atoms with E-state index in [-0.39, 0.29) is 11.1 Å². The van der Waals surface area contributed by atoms with Gasteiger partial charge in [0.15, 0.2) is 17.3 Å². The third-order valence-electron chi connectivity index (χ3n) is 4.54.